The second kappa shape index (κ2) is 6.47. The van der Waals surface area contributed by atoms with Crippen molar-refractivity contribution in [3.05, 3.63) is 59.9 Å². The van der Waals surface area contributed by atoms with Crippen molar-refractivity contribution < 1.29 is 27.2 Å². The molecule has 0 aliphatic rings. The summed E-state index contributed by atoms with van der Waals surface area (Å²) in [6.45, 7) is 0. The first-order valence-electron chi connectivity index (χ1n) is 6.31. The fourth-order valence-electron chi connectivity index (χ4n) is 1.67. The first kappa shape index (κ1) is 16.5. The number of anilines is 2. The van der Waals surface area contributed by atoms with E-state index in [1.165, 1.54) is 18.2 Å². The molecule has 0 spiro atoms. The van der Waals surface area contributed by atoms with Crippen LogP contribution in [0.4, 0.5) is 28.9 Å². The highest BCUT2D eigenvalue weighted by Crippen LogP contribution is 2.29. The minimum Gasteiger partial charge on any atom is -0.318 e. The highest BCUT2D eigenvalue weighted by Gasteiger charge is 2.30. The summed E-state index contributed by atoms with van der Waals surface area (Å²) in [5.74, 6) is -2.99. The highest BCUT2D eigenvalue weighted by molar-refractivity contribution is 6.43. The molecule has 0 saturated heterocycles. The molecule has 2 amide bonds. The molecule has 0 aliphatic heterocycles. The first-order chi connectivity index (χ1) is 10.8. The Kier molecular flexibility index (Phi) is 4.63. The molecular weight excluding hydrogens is 316 g/mol. The van der Waals surface area contributed by atoms with Gasteiger partial charge in [0.25, 0.3) is 0 Å². The summed E-state index contributed by atoms with van der Waals surface area (Å²) >= 11 is 0. The summed E-state index contributed by atoms with van der Waals surface area (Å²) < 4.78 is 50.6. The molecule has 0 atom stereocenters. The molecule has 2 rings (SSSR count). The van der Waals surface area contributed by atoms with Gasteiger partial charge in [-0.3, -0.25) is 9.59 Å². The molecule has 2 aromatic rings. The molecule has 2 N–H and O–H groups in total. The number of rotatable bonds is 2. The number of para-hydroxylation sites is 1. The van der Waals surface area contributed by atoms with Gasteiger partial charge in [0.2, 0.25) is 0 Å². The number of benzene rings is 2. The van der Waals surface area contributed by atoms with Crippen LogP contribution < -0.4 is 10.6 Å². The molecule has 0 unspecified atom stereocenters. The average molecular weight is 326 g/mol. The van der Waals surface area contributed by atoms with E-state index in [-0.39, 0.29) is 11.4 Å². The van der Waals surface area contributed by atoms with Crippen LogP contribution >= 0.6 is 0 Å². The van der Waals surface area contributed by atoms with Crippen LogP contribution in [0.5, 0.6) is 0 Å². The number of alkyl halides is 3. The third kappa shape index (κ3) is 4.29. The van der Waals surface area contributed by atoms with Crippen molar-refractivity contribution >= 4 is 23.2 Å². The van der Waals surface area contributed by atoms with Crippen molar-refractivity contribution in [1.82, 2.24) is 0 Å². The van der Waals surface area contributed by atoms with Gasteiger partial charge in [0.15, 0.2) is 0 Å². The zero-order valence-corrected chi connectivity index (χ0v) is 11.4. The molecular formula is C15H10F4N2O2. The fourth-order valence-corrected chi connectivity index (χ4v) is 1.67. The van der Waals surface area contributed by atoms with Gasteiger partial charge in [-0.05, 0) is 36.4 Å². The summed E-state index contributed by atoms with van der Waals surface area (Å²) in [7, 11) is 0. The van der Waals surface area contributed by atoms with E-state index in [1.807, 2.05) is 0 Å². The van der Waals surface area contributed by atoms with Crippen LogP contribution in [0.2, 0.25) is 0 Å². The second-order valence-corrected chi connectivity index (χ2v) is 4.46. The van der Waals surface area contributed by atoms with E-state index in [4.69, 9.17) is 0 Å². The molecule has 0 aromatic heterocycles. The Hall–Kier alpha value is -2.90. The number of carbonyl (C=O) groups excluding carboxylic acids is 2. The average Bonchev–Trinajstić information content (AvgIpc) is 2.49. The maximum atomic E-state index is 13.3. The predicted octanol–water partition coefficient (Wildman–Crippen LogP) is 3.42. The van der Waals surface area contributed by atoms with Crippen molar-refractivity contribution in [1.29, 1.82) is 0 Å². The quantitative estimate of drug-likeness (QED) is 0.656. The summed E-state index contributed by atoms with van der Waals surface area (Å²) in [6.07, 6.45) is -4.50. The molecule has 0 radical (unpaired) electrons. The van der Waals surface area contributed by atoms with E-state index in [0.717, 1.165) is 30.3 Å². The van der Waals surface area contributed by atoms with Gasteiger partial charge in [0.1, 0.15) is 5.82 Å². The number of halogens is 4. The number of amides is 2. The molecule has 4 nitrogen and oxygen atoms in total. The van der Waals surface area contributed by atoms with E-state index in [0.29, 0.717) is 0 Å². The number of nitrogens with one attached hydrogen (secondary N) is 2. The van der Waals surface area contributed by atoms with Crippen molar-refractivity contribution in [3.8, 4) is 0 Å². The second-order valence-electron chi connectivity index (χ2n) is 4.46. The van der Waals surface area contributed by atoms with Gasteiger partial charge in [-0.25, -0.2) is 4.39 Å². The van der Waals surface area contributed by atoms with E-state index < -0.39 is 29.4 Å². The summed E-state index contributed by atoms with van der Waals surface area (Å²) in [5.41, 5.74) is -1.06. The third-order valence-corrected chi connectivity index (χ3v) is 2.80. The molecule has 8 heteroatoms. The van der Waals surface area contributed by atoms with Gasteiger partial charge >= 0.3 is 18.0 Å². The topological polar surface area (TPSA) is 58.2 Å². The molecule has 0 bridgehead atoms. The van der Waals surface area contributed by atoms with Gasteiger partial charge < -0.3 is 10.6 Å². The van der Waals surface area contributed by atoms with E-state index in [9.17, 15) is 27.2 Å². The predicted molar refractivity (Wildman–Crippen MR) is 75.1 cm³/mol. The van der Waals surface area contributed by atoms with Crippen molar-refractivity contribution in [2.45, 2.75) is 6.18 Å². The van der Waals surface area contributed by atoms with Crippen LogP contribution in [-0.2, 0) is 15.8 Å². The Morgan fingerprint density at radius 1 is 0.826 bits per heavy atom. The monoisotopic (exact) mass is 326 g/mol. The van der Waals surface area contributed by atoms with E-state index >= 15 is 0 Å². The van der Waals surface area contributed by atoms with Gasteiger partial charge in [-0.2, -0.15) is 13.2 Å². The SMILES string of the molecule is O=C(Nc1ccc(C(F)(F)F)cc1)C(=O)Nc1ccccc1F. The molecule has 0 fully saturated rings. The lowest BCUT2D eigenvalue weighted by Crippen LogP contribution is -2.29. The van der Waals surface area contributed by atoms with Gasteiger partial charge in [0, 0.05) is 5.69 Å². The van der Waals surface area contributed by atoms with Gasteiger partial charge in [-0.1, -0.05) is 12.1 Å². The fraction of sp³-hybridized carbons (Fsp3) is 0.0667. The molecule has 0 aliphatic carbocycles. The summed E-state index contributed by atoms with van der Waals surface area (Å²) in [5, 5.41) is 4.18. The van der Waals surface area contributed by atoms with Crippen molar-refractivity contribution in [3.63, 3.8) is 0 Å². The first-order valence-corrected chi connectivity index (χ1v) is 6.31. The minimum absolute atomic E-state index is 0.00619. The number of carbonyl (C=O) groups is 2. The zero-order valence-electron chi connectivity index (χ0n) is 11.4. The third-order valence-electron chi connectivity index (χ3n) is 2.80. The van der Waals surface area contributed by atoms with Gasteiger partial charge in [0.05, 0.1) is 11.3 Å². The summed E-state index contributed by atoms with van der Waals surface area (Å²) in [4.78, 5) is 23.3. The Labute approximate surface area is 128 Å². The van der Waals surface area contributed by atoms with Crippen LogP contribution in [0.15, 0.2) is 48.5 Å². The van der Waals surface area contributed by atoms with Crippen molar-refractivity contribution in [2.75, 3.05) is 10.6 Å². The molecule has 120 valence electrons. The Bertz CT molecular complexity index is 727. The zero-order chi connectivity index (χ0) is 17.0. The Morgan fingerprint density at radius 2 is 1.39 bits per heavy atom. The Morgan fingerprint density at radius 3 is 1.96 bits per heavy atom. The van der Waals surface area contributed by atoms with Crippen molar-refractivity contribution in [2.24, 2.45) is 0 Å². The molecule has 0 heterocycles. The minimum atomic E-state index is -4.50. The van der Waals surface area contributed by atoms with Gasteiger partial charge in [-0.15, -0.1) is 0 Å². The lowest BCUT2D eigenvalue weighted by Gasteiger charge is -2.09. The normalized spacial score (nSPS) is 11.0. The number of hydrogen-bond donors (Lipinski definition) is 2. The van der Waals surface area contributed by atoms with Crippen LogP contribution in [0.3, 0.4) is 0 Å². The maximum Gasteiger partial charge on any atom is 0.416 e. The van der Waals surface area contributed by atoms with Crippen LogP contribution in [0.1, 0.15) is 5.56 Å². The van der Waals surface area contributed by atoms with Crippen LogP contribution in [0.25, 0.3) is 0 Å². The summed E-state index contributed by atoms with van der Waals surface area (Å²) in [6, 6.07) is 8.80. The maximum absolute atomic E-state index is 13.3. The van der Waals surface area contributed by atoms with E-state index in [2.05, 4.69) is 10.6 Å². The lowest BCUT2D eigenvalue weighted by molar-refractivity contribution is -0.137. The number of hydrogen-bond acceptors (Lipinski definition) is 2. The standard InChI is InChI=1S/C15H10F4N2O2/c16-11-3-1-2-4-12(11)21-14(23)13(22)20-10-7-5-9(6-8-10)15(17,18)19/h1-8H,(H,20,22)(H,21,23). The molecule has 23 heavy (non-hydrogen) atoms. The van der Waals surface area contributed by atoms with E-state index in [1.54, 1.807) is 0 Å². The van der Waals surface area contributed by atoms with Crippen LogP contribution in [0, 0.1) is 5.82 Å². The lowest BCUT2D eigenvalue weighted by atomic mass is 10.2. The highest BCUT2D eigenvalue weighted by atomic mass is 19.4. The Balaban J connectivity index is 2.01. The smallest absolute Gasteiger partial charge is 0.318 e. The molecule has 2 aromatic carbocycles. The largest absolute Gasteiger partial charge is 0.416 e. The molecule has 0 saturated carbocycles. The van der Waals surface area contributed by atoms with Crippen LogP contribution in [-0.4, -0.2) is 11.8 Å².